The van der Waals surface area contributed by atoms with Gasteiger partial charge in [-0.25, -0.2) is 0 Å². The van der Waals surface area contributed by atoms with Crippen LogP contribution in [0.5, 0.6) is 0 Å². The predicted octanol–water partition coefficient (Wildman–Crippen LogP) is 3.61. The highest BCUT2D eigenvalue weighted by Gasteiger charge is 2.26. The Balaban J connectivity index is 1.69. The molecule has 0 aliphatic carbocycles. The van der Waals surface area contributed by atoms with Crippen molar-refractivity contribution in [3.05, 3.63) is 70.7 Å². The maximum Gasteiger partial charge on any atom is 0.155 e. The maximum absolute atomic E-state index is 11.0. The number of carbonyl (C=O) groups is 1. The van der Waals surface area contributed by atoms with Gasteiger partial charge in [0, 0.05) is 31.2 Å². The van der Waals surface area contributed by atoms with Crippen molar-refractivity contribution in [3.63, 3.8) is 0 Å². The van der Waals surface area contributed by atoms with Crippen LogP contribution in [0.4, 0.5) is 0 Å². The molecular formula is C21H25ClN2O2. The van der Waals surface area contributed by atoms with Gasteiger partial charge in [0.25, 0.3) is 0 Å². The van der Waals surface area contributed by atoms with E-state index in [1.807, 2.05) is 18.2 Å². The number of benzene rings is 2. The van der Waals surface area contributed by atoms with E-state index in [4.69, 9.17) is 16.3 Å². The molecule has 1 fully saturated rings. The number of ether oxygens (including phenoxy) is 1. The Morgan fingerprint density at radius 2 is 1.62 bits per heavy atom. The number of halogens is 1. The topological polar surface area (TPSA) is 32.8 Å². The Kier molecular flexibility index (Phi) is 6.80. The van der Waals surface area contributed by atoms with Crippen molar-refractivity contribution in [2.24, 2.45) is 0 Å². The van der Waals surface area contributed by atoms with E-state index in [-0.39, 0.29) is 18.4 Å². The molecule has 0 bridgehead atoms. The average Bonchev–Trinajstić information content (AvgIpc) is 2.65. The first-order valence-corrected chi connectivity index (χ1v) is 9.35. The van der Waals surface area contributed by atoms with Gasteiger partial charge >= 0.3 is 0 Å². The summed E-state index contributed by atoms with van der Waals surface area (Å²) >= 11 is 6.08. The first-order valence-electron chi connectivity index (χ1n) is 8.97. The molecule has 2 aromatic carbocycles. The summed E-state index contributed by atoms with van der Waals surface area (Å²) in [6.07, 6.45) is 0. The van der Waals surface area contributed by atoms with Crippen LogP contribution >= 0.6 is 11.6 Å². The molecule has 1 atom stereocenters. The Morgan fingerprint density at radius 3 is 2.23 bits per heavy atom. The number of piperazine rings is 1. The highest BCUT2D eigenvalue weighted by atomic mass is 35.5. The molecule has 1 unspecified atom stereocenters. The molecule has 0 radical (unpaired) electrons. The molecule has 1 aliphatic rings. The van der Waals surface area contributed by atoms with E-state index < -0.39 is 0 Å². The first kappa shape index (κ1) is 19.1. The van der Waals surface area contributed by atoms with Crippen LogP contribution in [0.3, 0.4) is 0 Å². The predicted molar refractivity (Wildman–Crippen MR) is 104 cm³/mol. The third kappa shape index (κ3) is 5.15. The molecule has 1 aliphatic heterocycles. The Bertz CT molecular complexity index is 698. The van der Waals surface area contributed by atoms with Gasteiger partial charge in [0.2, 0.25) is 0 Å². The minimum atomic E-state index is 0.0653. The standard InChI is InChI=1S/C21H25ClN2O2/c1-17(25)15-26-16-23-11-13-24(14-12-23)21(18-5-3-2-4-6-18)19-7-9-20(22)10-8-19/h2-10,21H,11-16H2,1H3. The third-order valence-electron chi connectivity index (χ3n) is 4.65. The van der Waals surface area contributed by atoms with Crippen molar-refractivity contribution < 1.29 is 9.53 Å². The molecule has 2 aromatic rings. The molecular weight excluding hydrogens is 348 g/mol. The minimum absolute atomic E-state index is 0.0653. The van der Waals surface area contributed by atoms with Gasteiger partial charge in [-0.05, 0) is 30.2 Å². The minimum Gasteiger partial charge on any atom is -0.358 e. The quantitative estimate of drug-likeness (QED) is 0.743. The summed E-state index contributed by atoms with van der Waals surface area (Å²) in [5, 5.41) is 0.757. The molecule has 0 spiro atoms. The van der Waals surface area contributed by atoms with Crippen molar-refractivity contribution in [3.8, 4) is 0 Å². The third-order valence-corrected chi connectivity index (χ3v) is 4.90. The van der Waals surface area contributed by atoms with E-state index in [1.54, 1.807) is 6.92 Å². The smallest absolute Gasteiger partial charge is 0.155 e. The number of hydrogen-bond donors (Lipinski definition) is 0. The maximum atomic E-state index is 11.0. The second-order valence-corrected chi connectivity index (χ2v) is 7.13. The summed E-state index contributed by atoms with van der Waals surface area (Å²) in [5.74, 6) is 0.0653. The lowest BCUT2D eigenvalue weighted by atomic mass is 9.96. The summed E-state index contributed by atoms with van der Waals surface area (Å²) in [4.78, 5) is 15.8. The lowest BCUT2D eigenvalue weighted by Gasteiger charge is -2.39. The zero-order chi connectivity index (χ0) is 18.4. The van der Waals surface area contributed by atoms with Crippen LogP contribution in [-0.4, -0.2) is 55.1 Å². The normalized spacial score (nSPS) is 17.2. The van der Waals surface area contributed by atoms with E-state index in [1.165, 1.54) is 11.1 Å². The van der Waals surface area contributed by atoms with Crippen molar-refractivity contribution >= 4 is 17.4 Å². The lowest BCUT2D eigenvalue weighted by molar-refractivity contribution is -0.123. The van der Waals surface area contributed by atoms with Crippen LogP contribution in [0.2, 0.25) is 5.02 Å². The highest BCUT2D eigenvalue weighted by Crippen LogP contribution is 2.30. The van der Waals surface area contributed by atoms with E-state index >= 15 is 0 Å². The van der Waals surface area contributed by atoms with Gasteiger partial charge in [-0.15, -0.1) is 0 Å². The molecule has 0 N–H and O–H groups in total. The first-order chi connectivity index (χ1) is 12.6. The Hall–Kier alpha value is -1.72. The molecule has 26 heavy (non-hydrogen) atoms. The summed E-state index contributed by atoms with van der Waals surface area (Å²) in [5.41, 5.74) is 2.54. The van der Waals surface area contributed by atoms with E-state index in [2.05, 4.69) is 46.2 Å². The monoisotopic (exact) mass is 372 g/mol. The fourth-order valence-corrected chi connectivity index (χ4v) is 3.49. The van der Waals surface area contributed by atoms with Crippen LogP contribution in [0, 0.1) is 0 Å². The lowest BCUT2D eigenvalue weighted by Crippen LogP contribution is -2.48. The number of carbonyl (C=O) groups excluding carboxylic acids is 1. The zero-order valence-electron chi connectivity index (χ0n) is 15.1. The van der Waals surface area contributed by atoms with Crippen molar-refractivity contribution in [1.82, 2.24) is 9.80 Å². The van der Waals surface area contributed by atoms with Crippen molar-refractivity contribution in [2.75, 3.05) is 39.5 Å². The molecule has 1 saturated heterocycles. The van der Waals surface area contributed by atoms with E-state index in [0.717, 1.165) is 31.2 Å². The number of hydrogen-bond acceptors (Lipinski definition) is 4. The van der Waals surface area contributed by atoms with Gasteiger partial charge in [0.1, 0.15) is 6.61 Å². The van der Waals surface area contributed by atoms with Gasteiger partial charge in [-0.2, -0.15) is 0 Å². The van der Waals surface area contributed by atoms with E-state index in [9.17, 15) is 4.79 Å². The van der Waals surface area contributed by atoms with Crippen molar-refractivity contribution in [2.45, 2.75) is 13.0 Å². The summed E-state index contributed by atoms with van der Waals surface area (Å²) in [7, 11) is 0. The van der Waals surface area contributed by atoms with Gasteiger partial charge in [-0.3, -0.25) is 14.6 Å². The van der Waals surface area contributed by atoms with Crippen molar-refractivity contribution in [1.29, 1.82) is 0 Å². The van der Waals surface area contributed by atoms with E-state index in [0.29, 0.717) is 6.73 Å². The molecule has 5 heteroatoms. The fourth-order valence-electron chi connectivity index (χ4n) is 3.36. The summed E-state index contributed by atoms with van der Waals surface area (Å²) < 4.78 is 5.46. The summed E-state index contributed by atoms with van der Waals surface area (Å²) in [6.45, 7) is 6.01. The average molecular weight is 373 g/mol. The highest BCUT2D eigenvalue weighted by molar-refractivity contribution is 6.30. The zero-order valence-corrected chi connectivity index (χ0v) is 15.9. The largest absolute Gasteiger partial charge is 0.358 e. The second-order valence-electron chi connectivity index (χ2n) is 6.70. The molecule has 4 nitrogen and oxygen atoms in total. The van der Waals surface area contributed by atoms with Crippen LogP contribution in [0.15, 0.2) is 54.6 Å². The van der Waals surface area contributed by atoms with Gasteiger partial charge in [0.15, 0.2) is 5.78 Å². The molecule has 138 valence electrons. The Morgan fingerprint density at radius 1 is 1.00 bits per heavy atom. The fraction of sp³-hybridized carbons (Fsp3) is 0.381. The van der Waals surface area contributed by atoms with Crippen LogP contribution in [-0.2, 0) is 9.53 Å². The number of Topliss-reactive ketones (excluding diaryl/α,β-unsaturated/α-hetero) is 1. The summed E-state index contributed by atoms with van der Waals surface area (Å²) in [6, 6.07) is 18.9. The number of nitrogens with zero attached hydrogens (tertiary/aromatic N) is 2. The molecule has 0 saturated carbocycles. The van der Waals surface area contributed by atoms with Gasteiger partial charge < -0.3 is 4.74 Å². The second kappa shape index (κ2) is 9.28. The number of rotatable bonds is 7. The molecule has 3 rings (SSSR count). The number of ketones is 1. The molecule has 0 aromatic heterocycles. The Labute approximate surface area is 160 Å². The van der Waals surface area contributed by atoms with Crippen LogP contribution in [0.25, 0.3) is 0 Å². The SMILES string of the molecule is CC(=O)COCN1CCN(C(c2ccccc2)c2ccc(Cl)cc2)CC1. The molecule has 1 heterocycles. The van der Waals surface area contributed by atoms with Crippen LogP contribution in [0.1, 0.15) is 24.1 Å². The van der Waals surface area contributed by atoms with Gasteiger partial charge in [0.05, 0.1) is 12.8 Å². The van der Waals surface area contributed by atoms with Crippen LogP contribution < -0.4 is 0 Å². The van der Waals surface area contributed by atoms with Gasteiger partial charge in [-0.1, -0.05) is 54.1 Å². The molecule has 0 amide bonds.